The van der Waals surface area contributed by atoms with E-state index in [9.17, 15) is 0 Å². The van der Waals surface area contributed by atoms with Crippen LogP contribution in [0.15, 0.2) is 249 Å². The Kier molecular flexibility index (Phi) is 10.5. The molecule has 354 valence electrons. The van der Waals surface area contributed by atoms with Gasteiger partial charge in [-0.1, -0.05) is 194 Å². The molecule has 10 aromatic carbocycles. The van der Waals surface area contributed by atoms with Gasteiger partial charge in [-0.15, -0.1) is 0 Å². The van der Waals surface area contributed by atoms with Crippen LogP contribution in [0.2, 0.25) is 0 Å². The van der Waals surface area contributed by atoms with Crippen molar-refractivity contribution in [2.45, 2.75) is 13.8 Å². The van der Waals surface area contributed by atoms with Gasteiger partial charge in [-0.3, -0.25) is 0 Å². The molecule has 75 heavy (non-hydrogen) atoms. The summed E-state index contributed by atoms with van der Waals surface area (Å²) in [6.45, 7) is 4.33. The minimum absolute atomic E-state index is 0.591. The van der Waals surface area contributed by atoms with Crippen LogP contribution < -0.4 is 0 Å². The molecule has 6 heteroatoms. The molecule has 0 fully saturated rings. The molecule has 0 amide bonds. The summed E-state index contributed by atoms with van der Waals surface area (Å²) in [5.41, 5.74) is 18.2. The molecule has 0 N–H and O–H groups in total. The average molecular weight is 961 g/mol. The van der Waals surface area contributed by atoms with Gasteiger partial charge in [0.05, 0.1) is 39.0 Å². The molecule has 0 saturated carbocycles. The third kappa shape index (κ3) is 7.21. The van der Waals surface area contributed by atoms with E-state index in [1.165, 1.54) is 21.7 Å². The molecule has 0 aliphatic rings. The highest BCUT2D eigenvalue weighted by atomic mass is 15.1. The number of hydrogen-bond acceptors (Lipinski definition) is 3. The van der Waals surface area contributed by atoms with Gasteiger partial charge < -0.3 is 13.7 Å². The van der Waals surface area contributed by atoms with E-state index >= 15 is 0 Å². The van der Waals surface area contributed by atoms with Crippen LogP contribution in [0.3, 0.4) is 0 Å². The Balaban J connectivity index is 1.14. The van der Waals surface area contributed by atoms with Crippen molar-refractivity contribution < 1.29 is 0 Å². The Hall–Kier alpha value is -9.91. The number of hydrogen-bond donors (Lipinski definition) is 0. The van der Waals surface area contributed by atoms with Crippen molar-refractivity contribution in [2.24, 2.45) is 0 Å². The molecule has 0 aliphatic carbocycles. The first-order valence-corrected chi connectivity index (χ1v) is 25.6. The number of aryl methyl sites for hydroxylation is 1. The van der Waals surface area contributed by atoms with E-state index in [2.05, 4.69) is 246 Å². The van der Waals surface area contributed by atoms with E-state index < -0.39 is 0 Å². The highest BCUT2D eigenvalue weighted by Gasteiger charge is 2.26. The summed E-state index contributed by atoms with van der Waals surface area (Å²) in [6, 6.07) is 86.8. The number of benzene rings is 10. The summed E-state index contributed by atoms with van der Waals surface area (Å²) >= 11 is 0. The monoisotopic (exact) mass is 960 g/mol. The van der Waals surface area contributed by atoms with E-state index in [1.807, 2.05) is 36.4 Å². The Morgan fingerprint density at radius 2 is 0.800 bits per heavy atom. The predicted octanol–water partition coefficient (Wildman–Crippen LogP) is 17.7. The first-order chi connectivity index (χ1) is 37.1. The SMILES string of the molecule is C/C=C\c1c(C)c2ccccc2n1-c1ccc2c3c(-n4c5ccccc5c5ccccc54)cccc3n(-c3c(-c4ccccc4)cc(-c4nc(-c5ccccc5)nc(-c5ccccc5)n4)cc3-c3ccccc3)c2c1. The number of rotatable bonds is 9. The fourth-order valence-corrected chi connectivity index (χ4v) is 11.5. The Bertz CT molecular complexity index is 4350. The zero-order valence-corrected chi connectivity index (χ0v) is 41.4. The lowest BCUT2D eigenvalue weighted by Gasteiger charge is -2.21. The summed E-state index contributed by atoms with van der Waals surface area (Å²) in [4.78, 5) is 15.7. The van der Waals surface area contributed by atoms with Crippen LogP contribution in [0.25, 0.3) is 134 Å². The van der Waals surface area contributed by atoms with Gasteiger partial charge in [-0.25, -0.2) is 15.0 Å². The number of allylic oxidation sites excluding steroid dienone is 1. The quantitative estimate of drug-likeness (QED) is 0.145. The Labute approximate surface area is 434 Å². The molecule has 0 atom stereocenters. The summed E-state index contributed by atoms with van der Waals surface area (Å²) in [7, 11) is 0. The maximum Gasteiger partial charge on any atom is 0.164 e. The number of aromatic nitrogens is 6. The largest absolute Gasteiger partial charge is 0.310 e. The van der Waals surface area contributed by atoms with Crippen LogP contribution in [-0.2, 0) is 0 Å². The van der Waals surface area contributed by atoms with E-state index in [0.29, 0.717) is 17.5 Å². The van der Waals surface area contributed by atoms with Gasteiger partial charge in [-0.2, -0.15) is 0 Å². The number of fused-ring (bicyclic) bond motifs is 7. The minimum Gasteiger partial charge on any atom is -0.310 e. The van der Waals surface area contributed by atoms with E-state index in [4.69, 9.17) is 15.0 Å². The molecule has 0 unspecified atom stereocenters. The second-order valence-corrected chi connectivity index (χ2v) is 19.1. The van der Waals surface area contributed by atoms with Gasteiger partial charge in [0.2, 0.25) is 0 Å². The smallest absolute Gasteiger partial charge is 0.164 e. The summed E-state index contributed by atoms with van der Waals surface area (Å²) < 4.78 is 7.42. The van der Waals surface area contributed by atoms with Crippen LogP contribution in [0.1, 0.15) is 18.2 Å². The van der Waals surface area contributed by atoms with E-state index in [-0.39, 0.29) is 0 Å². The van der Waals surface area contributed by atoms with Crippen molar-refractivity contribution in [2.75, 3.05) is 0 Å². The van der Waals surface area contributed by atoms with Gasteiger partial charge in [-0.05, 0) is 91.2 Å². The zero-order chi connectivity index (χ0) is 50.0. The number of para-hydroxylation sites is 3. The van der Waals surface area contributed by atoms with Crippen molar-refractivity contribution >= 4 is 60.6 Å². The highest BCUT2D eigenvalue weighted by molar-refractivity contribution is 6.17. The predicted molar refractivity (Wildman–Crippen MR) is 312 cm³/mol. The highest BCUT2D eigenvalue weighted by Crippen LogP contribution is 2.47. The third-order valence-electron chi connectivity index (χ3n) is 14.8. The van der Waals surface area contributed by atoms with Crippen LogP contribution in [0.4, 0.5) is 0 Å². The van der Waals surface area contributed by atoms with E-state index in [0.717, 1.165) is 100 Å². The molecule has 0 radical (unpaired) electrons. The fraction of sp³-hybridized carbons (Fsp3) is 0.0290. The van der Waals surface area contributed by atoms with Gasteiger partial charge in [0, 0.05) is 66.1 Å². The van der Waals surface area contributed by atoms with Crippen molar-refractivity contribution in [1.82, 2.24) is 28.7 Å². The third-order valence-corrected chi connectivity index (χ3v) is 14.8. The molecule has 0 aliphatic heterocycles. The minimum atomic E-state index is 0.591. The van der Waals surface area contributed by atoms with Gasteiger partial charge >= 0.3 is 0 Å². The lowest BCUT2D eigenvalue weighted by molar-refractivity contribution is 1.07. The maximum absolute atomic E-state index is 5.31. The summed E-state index contributed by atoms with van der Waals surface area (Å²) in [6.07, 6.45) is 4.38. The van der Waals surface area contributed by atoms with Crippen LogP contribution >= 0.6 is 0 Å². The second kappa shape index (κ2) is 18.0. The van der Waals surface area contributed by atoms with Crippen molar-refractivity contribution in [3.63, 3.8) is 0 Å². The second-order valence-electron chi connectivity index (χ2n) is 19.1. The van der Waals surface area contributed by atoms with Crippen molar-refractivity contribution in [3.05, 3.63) is 260 Å². The van der Waals surface area contributed by atoms with E-state index in [1.54, 1.807) is 0 Å². The normalized spacial score (nSPS) is 11.8. The van der Waals surface area contributed by atoms with Crippen LogP contribution in [0, 0.1) is 6.92 Å². The number of nitrogens with zero attached hydrogens (tertiary/aromatic N) is 6. The molecular weight excluding hydrogens is 913 g/mol. The van der Waals surface area contributed by atoms with Gasteiger partial charge in [0.1, 0.15) is 0 Å². The van der Waals surface area contributed by atoms with Gasteiger partial charge in [0.25, 0.3) is 0 Å². The van der Waals surface area contributed by atoms with Crippen LogP contribution in [-0.4, -0.2) is 28.7 Å². The lowest BCUT2D eigenvalue weighted by atomic mass is 9.92. The molecular formula is C69H48N6. The summed E-state index contributed by atoms with van der Waals surface area (Å²) in [5.74, 6) is 1.82. The molecule has 0 saturated heterocycles. The first kappa shape index (κ1) is 43.8. The molecule has 0 bridgehead atoms. The standard InChI is InChI=1S/C69H48N6/c1-3-23-58-45(2)52-32-16-19-35-59(52)73(58)51-40-41-55-64(44-51)75(63-39-22-38-62(65(55)63)74-60-36-20-17-33-53(60)54-34-18-21-37-61(54)74)66-56(46-24-8-4-9-25-46)42-50(43-57(66)47-26-10-5-11-27-47)69-71-67(48-28-12-6-13-29-48)70-68(72-69)49-30-14-7-15-31-49/h3-44H,1-2H3/b23-3-. The van der Waals surface area contributed by atoms with Crippen molar-refractivity contribution in [1.29, 1.82) is 0 Å². The first-order valence-electron chi connectivity index (χ1n) is 25.6. The Morgan fingerprint density at radius 3 is 1.33 bits per heavy atom. The molecule has 4 heterocycles. The van der Waals surface area contributed by atoms with Crippen LogP contribution in [0.5, 0.6) is 0 Å². The van der Waals surface area contributed by atoms with Gasteiger partial charge in [0.15, 0.2) is 17.5 Å². The maximum atomic E-state index is 5.31. The molecule has 14 aromatic rings. The molecule has 4 aromatic heterocycles. The molecule has 0 spiro atoms. The molecule has 14 rings (SSSR count). The average Bonchev–Trinajstić information content (AvgIpc) is 4.14. The Morgan fingerprint density at radius 1 is 0.347 bits per heavy atom. The molecule has 6 nitrogen and oxygen atoms in total. The zero-order valence-electron chi connectivity index (χ0n) is 41.4. The fourth-order valence-electron chi connectivity index (χ4n) is 11.5. The van der Waals surface area contributed by atoms with Crippen molar-refractivity contribution in [3.8, 4) is 73.5 Å². The summed E-state index contributed by atoms with van der Waals surface area (Å²) in [5, 5.41) is 5.98. The lowest BCUT2D eigenvalue weighted by Crippen LogP contribution is -2.04. The topological polar surface area (TPSA) is 53.5 Å².